The lowest BCUT2D eigenvalue weighted by Crippen LogP contribution is -2.34. The number of para-hydroxylation sites is 1. The van der Waals surface area contributed by atoms with Crippen LogP contribution in [0.4, 0.5) is 5.69 Å². The van der Waals surface area contributed by atoms with Gasteiger partial charge in [0.15, 0.2) is 5.92 Å². The van der Waals surface area contributed by atoms with E-state index in [0.717, 1.165) is 11.1 Å². The number of carbonyl (C=O) groups excluding carboxylic acids is 2. The van der Waals surface area contributed by atoms with Crippen molar-refractivity contribution >= 4 is 17.6 Å². The number of ether oxygens (including phenoxy) is 1. The van der Waals surface area contributed by atoms with Crippen molar-refractivity contribution in [2.24, 2.45) is 5.92 Å². The largest absolute Gasteiger partial charge is 0.465 e. The van der Waals surface area contributed by atoms with Gasteiger partial charge in [-0.15, -0.1) is 0 Å². The average Bonchev–Trinajstić information content (AvgIpc) is 3.20. The number of rotatable bonds is 7. The lowest BCUT2D eigenvalue weighted by Gasteiger charge is -2.17. The number of aromatic nitrogens is 2. The third-order valence-corrected chi connectivity index (χ3v) is 4.11. The van der Waals surface area contributed by atoms with Crippen LogP contribution in [0.1, 0.15) is 6.92 Å². The molecule has 0 saturated heterocycles. The van der Waals surface area contributed by atoms with Crippen molar-refractivity contribution in [3.63, 3.8) is 0 Å². The summed E-state index contributed by atoms with van der Waals surface area (Å²) in [5.41, 5.74) is 2.51. The summed E-state index contributed by atoms with van der Waals surface area (Å²) in [7, 11) is 0. The molecule has 2 aromatic carbocycles. The number of carbonyl (C=O) groups is 2. The minimum absolute atomic E-state index is 0.165. The molecule has 0 aliphatic heterocycles. The Bertz CT molecular complexity index is 892. The topological polar surface area (TPSA) is 73.2 Å². The summed E-state index contributed by atoms with van der Waals surface area (Å²) >= 11 is 0. The molecule has 0 aliphatic carbocycles. The molecule has 27 heavy (non-hydrogen) atoms. The Hall–Kier alpha value is -3.41. The summed E-state index contributed by atoms with van der Waals surface area (Å²) in [6.07, 6.45) is 4.87. The first kappa shape index (κ1) is 18.4. The summed E-state index contributed by atoms with van der Waals surface area (Å²) in [6, 6.07) is 17.3. The molecule has 1 heterocycles. The Morgan fingerprint density at radius 3 is 2.56 bits per heavy atom. The van der Waals surface area contributed by atoms with E-state index in [2.05, 4.69) is 10.3 Å². The Morgan fingerprint density at radius 2 is 1.85 bits per heavy atom. The van der Waals surface area contributed by atoms with Crippen LogP contribution in [0.3, 0.4) is 0 Å². The third kappa shape index (κ3) is 4.61. The Balaban J connectivity index is 1.84. The molecule has 0 bridgehead atoms. The van der Waals surface area contributed by atoms with E-state index in [1.54, 1.807) is 30.2 Å². The van der Waals surface area contributed by atoms with Crippen LogP contribution >= 0.6 is 0 Å². The van der Waals surface area contributed by atoms with Gasteiger partial charge in [-0.25, -0.2) is 4.98 Å². The summed E-state index contributed by atoms with van der Waals surface area (Å²) < 4.78 is 6.78. The van der Waals surface area contributed by atoms with Crippen LogP contribution in [-0.4, -0.2) is 28.0 Å². The van der Waals surface area contributed by atoms with Gasteiger partial charge in [0.1, 0.15) is 0 Å². The molecule has 0 fully saturated rings. The second-order valence-electron chi connectivity index (χ2n) is 5.96. The monoisotopic (exact) mass is 363 g/mol. The van der Waals surface area contributed by atoms with Crippen LogP contribution in [0.15, 0.2) is 73.3 Å². The number of nitrogens with zero attached hydrogens (tertiary/aromatic N) is 2. The molecular formula is C21H21N3O3. The van der Waals surface area contributed by atoms with E-state index in [-0.39, 0.29) is 13.2 Å². The summed E-state index contributed by atoms with van der Waals surface area (Å²) in [5.74, 6) is -1.94. The van der Waals surface area contributed by atoms with E-state index in [9.17, 15) is 9.59 Å². The molecule has 6 nitrogen and oxygen atoms in total. The van der Waals surface area contributed by atoms with Crippen LogP contribution in [0.5, 0.6) is 0 Å². The highest BCUT2D eigenvalue weighted by Crippen LogP contribution is 2.28. The van der Waals surface area contributed by atoms with E-state index in [1.807, 2.05) is 54.6 Å². The van der Waals surface area contributed by atoms with E-state index in [1.165, 1.54) is 0 Å². The summed E-state index contributed by atoms with van der Waals surface area (Å²) in [5, 5.41) is 2.89. The molecule has 6 heteroatoms. The molecular weight excluding hydrogens is 342 g/mol. The van der Waals surface area contributed by atoms with Gasteiger partial charge in [-0.05, 0) is 18.6 Å². The van der Waals surface area contributed by atoms with E-state index in [4.69, 9.17) is 4.74 Å². The number of amides is 1. The highest BCUT2D eigenvalue weighted by atomic mass is 16.5. The molecule has 138 valence electrons. The predicted molar refractivity (Wildman–Crippen MR) is 103 cm³/mol. The fourth-order valence-corrected chi connectivity index (χ4v) is 2.79. The van der Waals surface area contributed by atoms with Crippen molar-refractivity contribution in [2.45, 2.75) is 13.5 Å². The molecule has 1 aromatic heterocycles. The molecule has 0 aliphatic rings. The van der Waals surface area contributed by atoms with Crippen molar-refractivity contribution in [3.8, 4) is 11.1 Å². The number of anilines is 1. The maximum Gasteiger partial charge on any atom is 0.320 e. The van der Waals surface area contributed by atoms with Gasteiger partial charge in [0.25, 0.3) is 0 Å². The fraction of sp³-hybridized carbons (Fsp3) is 0.190. The second-order valence-corrected chi connectivity index (χ2v) is 5.96. The van der Waals surface area contributed by atoms with Gasteiger partial charge in [0, 0.05) is 30.2 Å². The minimum atomic E-state index is -0.969. The zero-order valence-electron chi connectivity index (χ0n) is 15.0. The number of esters is 1. The third-order valence-electron chi connectivity index (χ3n) is 4.11. The highest BCUT2D eigenvalue weighted by Gasteiger charge is 2.29. The Morgan fingerprint density at radius 1 is 1.11 bits per heavy atom. The number of nitrogens with one attached hydrogen (secondary N) is 1. The fourth-order valence-electron chi connectivity index (χ4n) is 2.79. The minimum Gasteiger partial charge on any atom is -0.465 e. The van der Waals surface area contributed by atoms with Crippen molar-refractivity contribution < 1.29 is 14.3 Å². The smallest absolute Gasteiger partial charge is 0.320 e. The maximum atomic E-state index is 12.9. The van der Waals surface area contributed by atoms with Gasteiger partial charge in [0.05, 0.1) is 12.9 Å². The molecule has 0 unspecified atom stereocenters. The number of benzene rings is 2. The van der Waals surface area contributed by atoms with Gasteiger partial charge in [-0.2, -0.15) is 0 Å². The van der Waals surface area contributed by atoms with Crippen LogP contribution in [0.2, 0.25) is 0 Å². The lowest BCUT2D eigenvalue weighted by atomic mass is 10.0. The summed E-state index contributed by atoms with van der Waals surface area (Å²) in [6.45, 7) is 2.10. The first-order chi connectivity index (χ1) is 13.2. The van der Waals surface area contributed by atoms with Crippen LogP contribution < -0.4 is 5.32 Å². The van der Waals surface area contributed by atoms with Crippen LogP contribution in [0, 0.1) is 5.92 Å². The molecule has 0 radical (unpaired) electrons. The standard InChI is InChI=1S/C21H21N3O3/c1-2-27-21(26)18(14-24-13-12-22-15-24)20(25)23-19-11-7-6-10-17(19)16-8-4-3-5-9-16/h3-13,15,18H,2,14H2,1H3,(H,23,25)/t18-/m0/s1. The average molecular weight is 363 g/mol. The molecule has 0 spiro atoms. The Labute approximate surface area is 157 Å². The molecule has 1 N–H and O–H groups in total. The van der Waals surface area contributed by atoms with Gasteiger partial charge in [0.2, 0.25) is 5.91 Å². The zero-order chi connectivity index (χ0) is 19.1. The molecule has 0 saturated carbocycles. The number of imidazole rings is 1. The maximum absolute atomic E-state index is 12.9. The van der Waals surface area contributed by atoms with Crippen LogP contribution in [-0.2, 0) is 20.9 Å². The van der Waals surface area contributed by atoms with Crippen molar-refractivity contribution in [1.29, 1.82) is 0 Å². The van der Waals surface area contributed by atoms with E-state index >= 15 is 0 Å². The van der Waals surface area contributed by atoms with Crippen molar-refractivity contribution in [1.82, 2.24) is 9.55 Å². The van der Waals surface area contributed by atoms with Gasteiger partial charge in [-0.3, -0.25) is 9.59 Å². The van der Waals surface area contributed by atoms with Crippen molar-refractivity contribution in [2.75, 3.05) is 11.9 Å². The molecule has 3 aromatic rings. The number of hydrogen-bond donors (Lipinski definition) is 1. The quantitative estimate of drug-likeness (QED) is 0.516. The lowest BCUT2D eigenvalue weighted by molar-refractivity contribution is -0.151. The summed E-state index contributed by atoms with van der Waals surface area (Å²) in [4.78, 5) is 29.2. The van der Waals surface area contributed by atoms with Gasteiger partial charge >= 0.3 is 5.97 Å². The zero-order valence-corrected chi connectivity index (χ0v) is 15.0. The van der Waals surface area contributed by atoms with Crippen LogP contribution in [0.25, 0.3) is 11.1 Å². The first-order valence-electron chi connectivity index (χ1n) is 8.76. The number of hydrogen-bond acceptors (Lipinski definition) is 4. The second kappa shape index (κ2) is 8.80. The van der Waals surface area contributed by atoms with Gasteiger partial charge in [-0.1, -0.05) is 48.5 Å². The molecule has 1 amide bonds. The SMILES string of the molecule is CCOC(=O)[C@@H](Cn1ccnc1)C(=O)Nc1ccccc1-c1ccccc1. The Kier molecular flexibility index (Phi) is 5.99. The first-order valence-corrected chi connectivity index (χ1v) is 8.76. The molecule has 1 atom stereocenters. The van der Waals surface area contributed by atoms with Crippen molar-refractivity contribution in [3.05, 3.63) is 73.3 Å². The highest BCUT2D eigenvalue weighted by molar-refractivity contribution is 6.06. The van der Waals surface area contributed by atoms with Gasteiger partial charge < -0.3 is 14.6 Å². The normalized spacial score (nSPS) is 11.6. The predicted octanol–water partition coefficient (Wildman–Crippen LogP) is 3.37. The molecule has 3 rings (SSSR count). The van der Waals surface area contributed by atoms with E-state index in [0.29, 0.717) is 5.69 Å². The van der Waals surface area contributed by atoms with E-state index < -0.39 is 17.8 Å².